The van der Waals surface area contributed by atoms with Crippen LogP contribution in [0.1, 0.15) is 11.1 Å². The normalized spacial score (nSPS) is 11.0. The maximum atomic E-state index is 13.1. The smallest absolute Gasteiger partial charge is 0.348 e. The second-order valence-corrected chi connectivity index (χ2v) is 5.96. The maximum Gasteiger partial charge on any atom is 0.348 e. The van der Waals surface area contributed by atoms with Gasteiger partial charge in [0.05, 0.1) is 14.2 Å². The molecule has 146 valence electrons. The van der Waals surface area contributed by atoms with Gasteiger partial charge >= 0.3 is 5.97 Å². The molecule has 0 spiro atoms. The van der Waals surface area contributed by atoms with Crippen molar-refractivity contribution in [1.82, 2.24) is 9.38 Å². The van der Waals surface area contributed by atoms with Gasteiger partial charge in [0.15, 0.2) is 0 Å². The molecule has 8 heteroatoms. The zero-order chi connectivity index (χ0) is 21.0. The van der Waals surface area contributed by atoms with Crippen LogP contribution in [0.3, 0.4) is 0 Å². The van der Waals surface area contributed by atoms with Crippen LogP contribution >= 0.6 is 0 Å². The monoisotopic (exact) mass is 391 g/mol. The lowest BCUT2D eigenvalue weighted by atomic mass is 10.2. The van der Waals surface area contributed by atoms with Crippen molar-refractivity contribution in [3.05, 3.63) is 69.6 Å². The molecule has 0 atom stereocenters. The molecule has 2 aromatic heterocycles. The molecule has 0 aliphatic rings. The lowest BCUT2D eigenvalue weighted by molar-refractivity contribution is -0.135. The van der Waals surface area contributed by atoms with Crippen LogP contribution in [0, 0.1) is 18.3 Å². The largest absolute Gasteiger partial charge is 0.497 e. The Morgan fingerprint density at radius 2 is 1.86 bits per heavy atom. The number of nitrogens with zero attached hydrogens (tertiary/aromatic N) is 3. The predicted octanol–water partition coefficient (Wildman–Crippen LogP) is 2.88. The molecular formula is C21H17N3O5. The number of ether oxygens (including phenoxy) is 3. The highest BCUT2D eigenvalue weighted by Gasteiger charge is 2.18. The zero-order valence-corrected chi connectivity index (χ0v) is 16.0. The highest BCUT2D eigenvalue weighted by atomic mass is 16.5. The Hall–Kier alpha value is -4.12. The molecule has 0 saturated heterocycles. The standard InChI is InChI=1S/C21H17N3O5/c1-13-5-4-10-24-18(13)23-19(29-16-8-6-15(27-2)7-9-16)17(20(24)25)11-14(12-22)21(26)28-3/h4-11H,1-3H3/b14-11+. The van der Waals surface area contributed by atoms with Gasteiger partial charge in [-0.15, -0.1) is 0 Å². The molecule has 0 aliphatic carbocycles. The first-order valence-electron chi connectivity index (χ1n) is 8.52. The highest BCUT2D eigenvalue weighted by Crippen LogP contribution is 2.26. The van der Waals surface area contributed by atoms with E-state index in [0.29, 0.717) is 17.1 Å². The van der Waals surface area contributed by atoms with Crippen molar-refractivity contribution in [2.24, 2.45) is 0 Å². The number of methoxy groups -OCH3 is 2. The molecule has 0 unspecified atom stereocenters. The van der Waals surface area contributed by atoms with Crippen molar-refractivity contribution >= 4 is 17.7 Å². The first kappa shape index (κ1) is 19.6. The number of carbonyl (C=O) groups is 1. The summed E-state index contributed by atoms with van der Waals surface area (Å²) < 4.78 is 16.9. The summed E-state index contributed by atoms with van der Waals surface area (Å²) in [5, 5.41) is 9.27. The number of hydrogen-bond acceptors (Lipinski definition) is 7. The van der Waals surface area contributed by atoms with Crippen LogP contribution < -0.4 is 15.0 Å². The molecule has 0 aliphatic heterocycles. The Morgan fingerprint density at radius 1 is 1.17 bits per heavy atom. The number of benzene rings is 1. The van der Waals surface area contributed by atoms with E-state index >= 15 is 0 Å². The van der Waals surface area contributed by atoms with Crippen LogP contribution in [0.25, 0.3) is 11.7 Å². The number of nitriles is 1. The number of esters is 1. The molecule has 0 bridgehead atoms. The van der Waals surface area contributed by atoms with Gasteiger partial charge in [0.2, 0.25) is 5.88 Å². The minimum atomic E-state index is -0.864. The van der Waals surface area contributed by atoms with Gasteiger partial charge in [-0.25, -0.2) is 4.79 Å². The summed E-state index contributed by atoms with van der Waals surface area (Å²) in [4.78, 5) is 29.3. The first-order chi connectivity index (χ1) is 14.0. The molecule has 3 rings (SSSR count). The highest BCUT2D eigenvalue weighted by molar-refractivity contribution is 5.98. The average molecular weight is 391 g/mol. The van der Waals surface area contributed by atoms with Gasteiger partial charge in [0, 0.05) is 6.20 Å². The van der Waals surface area contributed by atoms with Crippen LogP contribution in [0.2, 0.25) is 0 Å². The van der Waals surface area contributed by atoms with Crippen LogP contribution in [0.4, 0.5) is 0 Å². The minimum Gasteiger partial charge on any atom is -0.497 e. The van der Waals surface area contributed by atoms with Gasteiger partial charge in [-0.2, -0.15) is 10.2 Å². The molecule has 0 saturated carbocycles. The summed E-state index contributed by atoms with van der Waals surface area (Å²) in [7, 11) is 2.70. The van der Waals surface area contributed by atoms with Crippen LogP contribution in [0.5, 0.6) is 17.4 Å². The maximum absolute atomic E-state index is 13.1. The third-order valence-corrected chi connectivity index (χ3v) is 4.14. The molecule has 0 fully saturated rings. The summed E-state index contributed by atoms with van der Waals surface area (Å²) in [5.74, 6) is 0.141. The average Bonchev–Trinajstić information content (AvgIpc) is 2.74. The Morgan fingerprint density at radius 3 is 2.48 bits per heavy atom. The molecule has 0 amide bonds. The van der Waals surface area contributed by atoms with E-state index in [1.54, 1.807) is 49.7 Å². The number of hydrogen-bond donors (Lipinski definition) is 0. The van der Waals surface area contributed by atoms with E-state index in [-0.39, 0.29) is 17.0 Å². The second kappa shape index (κ2) is 8.27. The predicted molar refractivity (Wildman–Crippen MR) is 105 cm³/mol. The molecule has 29 heavy (non-hydrogen) atoms. The number of rotatable bonds is 5. The SMILES string of the molecule is COC(=O)/C(C#N)=C/c1c(Oc2ccc(OC)cc2)nc2c(C)cccn2c1=O. The Bertz CT molecular complexity index is 1200. The third-order valence-electron chi connectivity index (χ3n) is 4.14. The van der Waals surface area contributed by atoms with E-state index < -0.39 is 11.5 Å². The van der Waals surface area contributed by atoms with Gasteiger partial charge in [-0.3, -0.25) is 9.20 Å². The summed E-state index contributed by atoms with van der Waals surface area (Å²) >= 11 is 0. The van der Waals surface area contributed by atoms with E-state index in [1.165, 1.54) is 4.40 Å². The number of pyridine rings is 1. The van der Waals surface area contributed by atoms with Crippen molar-refractivity contribution in [1.29, 1.82) is 5.26 Å². The van der Waals surface area contributed by atoms with Crippen molar-refractivity contribution in [3.8, 4) is 23.4 Å². The van der Waals surface area contributed by atoms with Gasteiger partial charge in [0.25, 0.3) is 5.56 Å². The zero-order valence-electron chi connectivity index (χ0n) is 16.0. The Labute approximate surface area is 166 Å². The van der Waals surface area contributed by atoms with E-state index in [4.69, 9.17) is 9.47 Å². The van der Waals surface area contributed by atoms with Crippen molar-refractivity contribution in [2.75, 3.05) is 14.2 Å². The lowest BCUT2D eigenvalue weighted by Gasteiger charge is -2.11. The lowest BCUT2D eigenvalue weighted by Crippen LogP contribution is -2.20. The molecule has 0 radical (unpaired) electrons. The van der Waals surface area contributed by atoms with Gasteiger partial charge < -0.3 is 14.2 Å². The second-order valence-electron chi connectivity index (χ2n) is 5.96. The van der Waals surface area contributed by atoms with Crippen LogP contribution in [-0.2, 0) is 9.53 Å². The first-order valence-corrected chi connectivity index (χ1v) is 8.52. The molecule has 1 aromatic carbocycles. The number of carbonyl (C=O) groups excluding carboxylic acids is 1. The number of aromatic nitrogens is 2. The minimum absolute atomic E-state index is 0.0360. The Balaban J connectivity index is 2.23. The molecule has 8 nitrogen and oxygen atoms in total. The van der Waals surface area contributed by atoms with E-state index in [2.05, 4.69) is 9.72 Å². The molecule has 0 N–H and O–H groups in total. The summed E-state index contributed by atoms with van der Waals surface area (Å²) in [5.41, 5.74) is 0.270. The van der Waals surface area contributed by atoms with Crippen molar-refractivity contribution in [3.63, 3.8) is 0 Å². The van der Waals surface area contributed by atoms with Crippen LogP contribution in [0.15, 0.2) is 53.0 Å². The summed E-state index contributed by atoms with van der Waals surface area (Å²) in [6.07, 6.45) is 2.67. The quantitative estimate of drug-likeness (QED) is 0.374. The van der Waals surface area contributed by atoms with Crippen molar-refractivity contribution < 1.29 is 19.0 Å². The fourth-order valence-corrected chi connectivity index (χ4v) is 2.64. The topological polar surface area (TPSA) is 103 Å². The van der Waals surface area contributed by atoms with Gasteiger partial charge in [-0.05, 0) is 48.9 Å². The summed E-state index contributed by atoms with van der Waals surface area (Å²) in [6, 6.07) is 11.9. The van der Waals surface area contributed by atoms with E-state index in [1.807, 2.05) is 13.0 Å². The van der Waals surface area contributed by atoms with Crippen LogP contribution in [-0.4, -0.2) is 29.6 Å². The van der Waals surface area contributed by atoms with Gasteiger partial charge in [0.1, 0.15) is 34.4 Å². The summed E-state index contributed by atoms with van der Waals surface area (Å²) in [6.45, 7) is 1.81. The number of fused-ring (bicyclic) bond motifs is 1. The fourth-order valence-electron chi connectivity index (χ4n) is 2.64. The van der Waals surface area contributed by atoms with E-state index in [9.17, 15) is 14.9 Å². The van der Waals surface area contributed by atoms with E-state index in [0.717, 1.165) is 18.7 Å². The fraction of sp³-hybridized carbons (Fsp3) is 0.143. The van der Waals surface area contributed by atoms with Crippen molar-refractivity contribution in [2.45, 2.75) is 6.92 Å². The molecule has 2 heterocycles. The third kappa shape index (κ3) is 3.94. The Kier molecular flexibility index (Phi) is 5.60. The molecular weight excluding hydrogens is 374 g/mol. The number of aryl methyl sites for hydroxylation is 1. The molecule has 3 aromatic rings. The van der Waals surface area contributed by atoms with Gasteiger partial charge in [-0.1, -0.05) is 6.07 Å².